The number of ether oxygens (including phenoxy) is 1. The minimum atomic E-state index is -5.20. The molecule has 2 aliphatic rings. The third-order valence-corrected chi connectivity index (χ3v) is 6.45. The summed E-state index contributed by atoms with van der Waals surface area (Å²) in [6.45, 7) is 1.45. The lowest BCUT2D eigenvalue weighted by atomic mass is 9.82. The van der Waals surface area contributed by atoms with Crippen LogP contribution in [0.25, 0.3) is 0 Å². The highest BCUT2D eigenvalue weighted by atomic mass is 19.4. The van der Waals surface area contributed by atoms with E-state index < -0.39 is 29.3 Å². The molecule has 1 saturated heterocycles. The van der Waals surface area contributed by atoms with Gasteiger partial charge in [0.1, 0.15) is 5.82 Å². The summed E-state index contributed by atoms with van der Waals surface area (Å²) in [5.41, 5.74) is 4.05. The number of rotatable bonds is 6. The molecule has 1 aromatic rings. The van der Waals surface area contributed by atoms with E-state index in [1.165, 1.54) is 12.1 Å². The first kappa shape index (κ1) is 23.7. The highest BCUT2D eigenvalue weighted by molar-refractivity contribution is 6.03. The van der Waals surface area contributed by atoms with E-state index in [4.69, 9.17) is 10.5 Å². The van der Waals surface area contributed by atoms with Crippen LogP contribution in [0, 0.1) is 11.7 Å². The van der Waals surface area contributed by atoms with Crippen molar-refractivity contribution in [3.63, 3.8) is 0 Å². The monoisotopic (exact) mass is 444 g/mol. The van der Waals surface area contributed by atoms with Crippen molar-refractivity contribution in [2.75, 3.05) is 19.6 Å². The van der Waals surface area contributed by atoms with E-state index in [0.717, 1.165) is 50.8 Å². The van der Waals surface area contributed by atoms with Crippen molar-refractivity contribution in [2.45, 2.75) is 62.8 Å². The number of ketones is 1. The molecule has 0 unspecified atom stereocenters. The SMILES string of the molecule is NC1CCC(CCN2CCC(OC(=O)C(F)(F)F)(C(=O)c3ccc(F)cc3)CC2)CC1. The lowest BCUT2D eigenvalue weighted by molar-refractivity contribution is -0.212. The molecule has 0 spiro atoms. The van der Waals surface area contributed by atoms with Crippen LogP contribution in [0.2, 0.25) is 0 Å². The molecular weight excluding hydrogens is 416 g/mol. The number of nitrogens with two attached hydrogens (primary N) is 1. The van der Waals surface area contributed by atoms with Gasteiger partial charge in [-0.1, -0.05) is 0 Å². The van der Waals surface area contributed by atoms with Gasteiger partial charge < -0.3 is 15.4 Å². The molecule has 2 fully saturated rings. The van der Waals surface area contributed by atoms with Crippen LogP contribution in [0.15, 0.2) is 24.3 Å². The van der Waals surface area contributed by atoms with Crippen LogP contribution in [0.5, 0.6) is 0 Å². The predicted molar refractivity (Wildman–Crippen MR) is 106 cm³/mol. The molecule has 1 aromatic carbocycles. The summed E-state index contributed by atoms with van der Waals surface area (Å²) >= 11 is 0. The molecule has 1 aliphatic heterocycles. The van der Waals surface area contributed by atoms with Gasteiger partial charge in [0.2, 0.25) is 5.78 Å². The number of carbonyl (C=O) groups is 2. The second-order valence-corrected chi connectivity index (χ2v) is 8.63. The first-order valence-electron chi connectivity index (χ1n) is 10.7. The lowest BCUT2D eigenvalue weighted by Crippen LogP contribution is -2.53. The molecule has 1 heterocycles. The summed E-state index contributed by atoms with van der Waals surface area (Å²) < 4.78 is 56.6. The van der Waals surface area contributed by atoms with Crippen LogP contribution in [-0.2, 0) is 9.53 Å². The summed E-state index contributed by atoms with van der Waals surface area (Å²) in [4.78, 5) is 26.7. The van der Waals surface area contributed by atoms with Crippen LogP contribution < -0.4 is 5.73 Å². The third-order valence-electron chi connectivity index (χ3n) is 6.45. The van der Waals surface area contributed by atoms with Crippen molar-refractivity contribution in [3.05, 3.63) is 35.6 Å². The fraction of sp³-hybridized carbons (Fsp3) is 0.636. The average molecular weight is 444 g/mol. The maximum atomic E-state index is 13.2. The minimum Gasteiger partial charge on any atom is -0.444 e. The summed E-state index contributed by atoms with van der Waals surface area (Å²) in [5.74, 6) is -3.10. The Balaban J connectivity index is 1.66. The molecule has 5 nitrogen and oxygen atoms in total. The normalized spacial score (nSPS) is 24.5. The highest BCUT2D eigenvalue weighted by Crippen LogP contribution is 2.34. The Morgan fingerprint density at radius 3 is 2.19 bits per heavy atom. The van der Waals surface area contributed by atoms with E-state index in [1.807, 2.05) is 0 Å². The quantitative estimate of drug-likeness (QED) is 0.410. The van der Waals surface area contributed by atoms with Gasteiger partial charge in [0.05, 0.1) is 0 Å². The molecular formula is C22H28F4N2O3. The van der Waals surface area contributed by atoms with Gasteiger partial charge in [0.25, 0.3) is 0 Å². The van der Waals surface area contributed by atoms with E-state index in [2.05, 4.69) is 4.90 Å². The minimum absolute atomic E-state index is 0.0170. The Morgan fingerprint density at radius 2 is 1.65 bits per heavy atom. The van der Waals surface area contributed by atoms with Crippen molar-refractivity contribution in [2.24, 2.45) is 11.7 Å². The largest absolute Gasteiger partial charge is 0.490 e. The number of alkyl halides is 3. The summed E-state index contributed by atoms with van der Waals surface area (Å²) in [7, 11) is 0. The Bertz CT molecular complexity index is 766. The van der Waals surface area contributed by atoms with Gasteiger partial charge in [0, 0.05) is 37.5 Å². The smallest absolute Gasteiger partial charge is 0.444 e. The van der Waals surface area contributed by atoms with Crippen LogP contribution in [0.3, 0.4) is 0 Å². The topological polar surface area (TPSA) is 72.6 Å². The fourth-order valence-electron chi connectivity index (χ4n) is 4.45. The number of likely N-dealkylation sites (tertiary alicyclic amines) is 1. The maximum Gasteiger partial charge on any atom is 0.490 e. The van der Waals surface area contributed by atoms with Gasteiger partial charge in [-0.3, -0.25) is 4.79 Å². The number of nitrogens with zero attached hydrogens (tertiary/aromatic N) is 1. The number of piperidine rings is 1. The van der Waals surface area contributed by atoms with Crippen molar-refractivity contribution in [1.82, 2.24) is 4.90 Å². The Morgan fingerprint density at radius 1 is 1.06 bits per heavy atom. The van der Waals surface area contributed by atoms with Gasteiger partial charge in [-0.25, -0.2) is 9.18 Å². The highest BCUT2D eigenvalue weighted by Gasteiger charge is 2.51. The number of esters is 1. The summed E-state index contributed by atoms with van der Waals surface area (Å²) in [6.07, 6.45) is -0.152. The van der Waals surface area contributed by atoms with Gasteiger partial charge in [-0.2, -0.15) is 13.2 Å². The van der Waals surface area contributed by atoms with E-state index >= 15 is 0 Å². The van der Waals surface area contributed by atoms with Crippen LogP contribution in [-0.4, -0.2) is 54.1 Å². The zero-order valence-electron chi connectivity index (χ0n) is 17.3. The van der Waals surface area contributed by atoms with Crippen molar-refractivity contribution < 1.29 is 31.9 Å². The van der Waals surface area contributed by atoms with E-state index in [1.54, 1.807) is 0 Å². The fourth-order valence-corrected chi connectivity index (χ4v) is 4.45. The maximum absolute atomic E-state index is 13.2. The van der Waals surface area contributed by atoms with Gasteiger partial charge in [-0.05, 0) is 68.8 Å². The molecule has 0 aromatic heterocycles. The molecule has 0 amide bonds. The first-order valence-corrected chi connectivity index (χ1v) is 10.7. The molecule has 172 valence electrons. The molecule has 1 aliphatic carbocycles. The zero-order valence-corrected chi connectivity index (χ0v) is 17.3. The summed E-state index contributed by atoms with van der Waals surface area (Å²) in [5, 5.41) is 0. The molecule has 3 rings (SSSR count). The number of hydrogen-bond donors (Lipinski definition) is 1. The molecule has 0 bridgehead atoms. The van der Waals surface area contributed by atoms with Gasteiger partial charge >= 0.3 is 12.1 Å². The number of Topliss-reactive ketones (excluding diaryl/α,β-unsaturated/α-hetero) is 1. The molecule has 0 atom stereocenters. The van der Waals surface area contributed by atoms with Crippen molar-refractivity contribution >= 4 is 11.8 Å². The van der Waals surface area contributed by atoms with Crippen LogP contribution in [0.1, 0.15) is 55.3 Å². The second-order valence-electron chi connectivity index (χ2n) is 8.63. The molecule has 1 saturated carbocycles. The lowest BCUT2D eigenvalue weighted by Gasteiger charge is -2.40. The second kappa shape index (κ2) is 9.65. The average Bonchev–Trinajstić information content (AvgIpc) is 2.74. The van der Waals surface area contributed by atoms with Crippen LogP contribution >= 0.6 is 0 Å². The molecule has 9 heteroatoms. The van der Waals surface area contributed by atoms with Crippen molar-refractivity contribution in [1.29, 1.82) is 0 Å². The first-order chi connectivity index (χ1) is 14.6. The number of hydrogen-bond acceptors (Lipinski definition) is 5. The standard InChI is InChI=1S/C22H28F4N2O3/c23-17-5-3-16(4-6-17)19(29)21(31-20(30)22(24,25)26)10-13-28(14-11-21)12-9-15-1-7-18(27)8-2-15/h3-6,15,18H,1-2,7-14,27H2. The van der Waals surface area contributed by atoms with Gasteiger partial charge in [0.15, 0.2) is 5.60 Å². The summed E-state index contributed by atoms with van der Waals surface area (Å²) in [6, 6.07) is 4.77. The molecule has 31 heavy (non-hydrogen) atoms. The zero-order chi connectivity index (χ0) is 22.6. The molecule has 0 radical (unpaired) electrons. The van der Waals surface area contributed by atoms with E-state index in [0.29, 0.717) is 19.0 Å². The number of carbonyl (C=O) groups excluding carboxylic acids is 2. The predicted octanol–water partition coefficient (Wildman–Crippen LogP) is 3.86. The van der Waals surface area contributed by atoms with E-state index in [9.17, 15) is 27.2 Å². The van der Waals surface area contributed by atoms with E-state index in [-0.39, 0.29) is 24.4 Å². The number of benzene rings is 1. The van der Waals surface area contributed by atoms with Gasteiger partial charge in [-0.15, -0.1) is 0 Å². The Hall–Kier alpha value is -2.00. The third kappa shape index (κ3) is 6.04. The molecule has 2 N–H and O–H groups in total. The van der Waals surface area contributed by atoms with Crippen LogP contribution in [0.4, 0.5) is 17.6 Å². The van der Waals surface area contributed by atoms with Crippen molar-refractivity contribution in [3.8, 4) is 0 Å². The Labute approximate surface area is 178 Å². The Kier molecular flexibility index (Phi) is 7.36. The number of halogens is 4.